The topological polar surface area (TPSA) is 134 Å². The molecule has 1 aromatic heterocycles. The molecule has 0 radical (unpaired) electrons. The highest BCUT2D eigenvalue weighted by atomic mass is 32.2. The number of carbonyl (C=O) groups is 2. The number of ether oxygens (including phenoxy) is 1. The Hall–Kier alpha value is -4.44. The van der Waals surface area contributed by atoms with Gasteiger partial charge in [-0.2, -0.15) is 0 Å². The van der Waals surface area contributed by atoms with E-state index in [0.29, 0.717) is 16.9 Å². The summed E-state index contributed by atoms with van der Waals surface area (Å²) in [6, 6.07) is 18.6. The number of H-pyrrole nitrogens is 1. The Labute approximate surface area is 200 Å². The van der Waals surface area contributed by atoms with Crippen LogP contribution in [0, 0.1) is 0 Å². The van der Waals surface area contributed by atoms with Gasteiger partial charge in [-0.15, -0.1) is 0 Å². The maximum absolute atomic E-state index is 12.8. The van der Waals surface area contributed by atoms with Crippen molar-refractivity contribution in [3.8, 4) is 0 Å². The number of esters is 1. The molecular formula is C25H21N3O6S. The standard InChI is InChI=1S/C25H21N3O6S/c1-2-34-25(31)21-15-26-22-12-11-18(14-20(22)23(21)29)27-24(30)16-7-6-10-19(13-16)35(32,33)28-17-8-4-3-5-9-17/h3-15,28H,2H2,1H3,(H,26,29)(H,27,30). The van der Waals surface area contributed by atoms with Crippen molar-refractivity contribution in [3.05, 3.63) is 100 Å². The number of carbonyl (C=O) groups excluding carboxylic acids is 2. The third kappa shape index (κ3) is 5.22. The van der Waals surface area contributed by atoms with E-state index in [9.17, 15) is 22.8 Å². The molecule has 3 aromatic carbocycles. The van der Waals surface area contributed by atoms with Crippen molar-refractivity contribution >= 4 is 44.2 Å². The highest BCUT2D eigenvalue weighted by Crippen LogP contribution is 2.19. The number of hydrogen-bond donors (Lipinski definition) is 3. The molecule has 0 fully saturated rings. The lowest BCUT2D eigenvalue weighted by molar-refractivity contribution is 0.0524. The first-order valence-corrected chi connectivity index (χ1v) is 12.1. The van der Waals surface area contributed by atoms with Gasteiger partial charge in [-0.05, 0) is 55.5 Å². The number of aromatic amines is 1. The summed E-state index contributed by atoms with van der Waals surface area (Å²) in [6.45, 7) is 1.76. The van der Waals surface area contributed by atoms with Gasteiger partial charge < -0.3 is 15.0 Å². The maximum Gasteiger partial charge on any atom is 0.343 e. The number of pyridine rings is 1. The van der Waals surface area contributed by atoms with Crippen molar-refractivity contribution in [3.63, 3.8) is 0 Å². The van der Waals surface area contributed by atoms with Crippen LogP contribution in [0.25, 0.3) is 10.9 Å². The largest absolute Gasteiger partial charge is 0.462 e. The molecule has 0 saturated carbocycles. The van der Waals surface area contributed by atoms with Crippen molar-refractivity contribution in [2.45, 2.75) is 11.8 Å². The van der Waals surface area contributed by atoms with Crippen molar-refractivity contribution in [1.29, 1.82) is 0 Å². The highest BCUT2D eigenvalue weighted by molar-refractivity contribution is 7.92. The number of para-hydroxylation sites is 1. The first-order chi connectivity index (χ1) is 16.8. The van der Waals surface area contributed by atoms with E-state index in [2.05, 4.69) is 15.0 Å². The molecule has 0 unspecified atom stereocenters. The number of anilines is 2. The number of hydrogen-bond acceptors (Lipinski definition) is 6. The zero-order chi connectivity index (χ0) is 25.0. The van der Waals surface area contributed by atoms with Crippen LogP contribution in [0.15, 0.2) is 88.7 Å². The average Bonchev–Trinajstić information content (AvgIpc) is 2.85. The van der Waals surface area contributed by atoms with E-state index in [1.165, 1.54) is 36.5 Å². The van der Waals surface area contributed by atoms with Crippen LogP contribution in [0.5, 0.6) is 0 Å². The second-order valence-electron chi connectivity index (χ2n) is 7.47. The summed E-state index contributed by atoms with van der Waals surface area (Å²) in [5.41, 5.74) is 0.590. The van der Waals surface area contributed by atoms with Gasteiger partial charge in [0, 0.05) is 34.0 Å². The van der Waals surface area contributed by atoms with Gasteiger partial charge in [0.2, 0.25) is 5.43 Å². The summed E-state index contributed by atoms with van der Waals surface area (Å²) >= 11 is 0. The summed E-state index contributed by atoms with van der Waals surface area (Å²) < 4.78 is 32.8. The molecule has 178 valence electrons. The zero-order valence-corrected chi connectivity index (χ0v) is 19.4. The zero-order valence-electron chi connectivity index (χ0n) is 18.6. The molecule has 10 heteroatoms. The van der Waals surface area contributed by atoms with Gasteiger partial charge >= 0.3 is 5.97 Å². The van der Waals surface area contributed by atoms with Gasteiger partial charge in [0.15, 0.2) is 0 Å². The third-order valence-corrected chi connectivity index (χ3v) is 6.45. The first-order valence-electron chi connectivity index (χ1n) is 10.6. The molecule has 0 spiro atoms. The Kier molecular flexibility index (Phi) is 6.65. The normalized spacial score (nSPS) is 11.1. The fourth-order valence-corrected chi connectivity index (χ4v) is 4.49. The number of nitrogens with one attached hydrogen (secondary N) is 3. The van der Waals surface area contributed by atoms with Gasteiger partial charge in [0.1, 0.15) is 5.56 Å². The Morgan fingerprint density at radius 2 is 1.71 bits per heavy atom. The SMILES string of the molecule is CCOC(=O)c1c[nH]c2ccc(NC(=O)c3cccc(S(=O)(=O)Nc4ccccc4)c3)cc2c1=O. The van der Waals surface area contributed by atoms with Crippen LogP contribution in [0.4, 0.5) is 11.4 Å². The molecule has 0 bridgehead atoms. The fraction of sp³-hybridized carbons (Fsp3) is 0.0800. The molecule has 0 aliphatic rings. The quantitative estimate of drug-likeness (QED) is 0.337. The minimum absolute atomic E-state index is 0.0805. The molecule has 1 amide bonds. The lowest BCUT2D eigenvalue weighted by Gasteiger charge is -2.10. The van der Waals surface area contributed by atoms with Gasteiger partial charge in [0.25, 0.3) is 15.9 Å². The molecule has 1 heterocycles. The minimum Gasteiger partial charge on any atom is -0.462 e. The van der Waals surface area contributed by atoms with Crippen LogP contribution in [-0.2, 0) is 14.8 Å². The van der Waals surface area contributed by atoms with E-state index in [1.54, 1.807) is 49.4 Å². The summed E-state index contributed by atoms with van der Waals surface area (Å²) in [4.78, 5) is 40.4. The van der Waals surface area contributed by atoms with E-state index in [1.807, 2.05) is 0 Å². The minimum atomic E-state index is -3.91. The second-order valence-corrected chi connectivity index (χ2v) is 9.15. The Bertz CT molecular complexity index is 1580. The molecule has 9 nitrogen and oxygen atoms in total. The van der Waals surface area contributed by atoms with Crippen LogP contribution >= 0.6 is 0 Å². The van der Waals surface area contributed by atoms with E-state index in [-0.39, 0.29) is 28.0 Å². The Morgan fingerprint density at radius 1 is 0.943 bits per heavy atom. The molecule has 0 aliphatic heterocycles. The van der Waals surface area contributed by atoms with Crippen LogP contribution in [0.3, 0.4) is 0 Å². The van der Waals surface area contributed by atoms with Crippen molar-refractivity contribution in [2.75, 3.05) is 16.6 Å². The summed E-state index contributed by atoms with van der Waals surface area (Å²) in [7, 11) is -3.91. The molecule has 0 saturated heterocycles. The lowest BCUT2D eigenvalue weighted by atomic mass is 10.1. The monoisotopic (exact) mass is 491 g/mol. The van der Waals surface area contributed by atoms with Gasteiger partial charge in [-0.25, -0.2) is 13.2 Å². The second kappa shape index (κ2) is 9.82. The Morgan fingerprint density at radius 3 is 2.46 bits per heavy atom. The number of aromatic nitrogens is 1. The molecule has 4 aromatic rings. The molecule has 4 rings (SSSR count). The maximum atomic E-state index is 12.8. The van der Waals surface area contributed by atoms with E-state index in [0.717, 1.165) is 0 Å². The van der Waals surface area contributed by atoms with E-state index in [4.69, 9.17) is 4.74 Å². The van der Waals surface area contributed by atoms with Crippen LogP contribution in [0.1, 0.15) is 27.6 Å². The van der Waals surface area contributed by atoms with Crippen molar-refractivity contribution in [2.24, 2.45) is 0 Å². The summed E-state index contributed by atoms with van der Waals surface area (Å²) in [5, 5.41) is 2.85. The number of rotatable bonds is 7. The van der Waals surface area contributed by atoms with Crippen molar-refractivity contribution < 1.29 is 22.7 Å². The fourth-order valence-electron chi connectivity index (χ4n) is 3.38. The molecule has 0 aliphatic carbocycles. The Balaban J connectivity index is 1.59. The number of benzene rings is 3. The molecule has 3 N–H and O–H groups in total. The summed E-state index contributed by atoms with van der Waals surface area (Å²) in [5.74, 6) is -1.31. The highest BCUT2D eigenvalue weighted by Gasteiger charge is 2.18. The van der Waals surface area contributed by atoms with Gasteiger partial charge in [0.05, 0.1) is 11.5 Å². The number of sulfonamides is 1. The van der Waals surface area contributed by atoms with E-state index >= 15 is 0 Å². The predicted octanol–water partition coefficient (Wildman–Crippen LogP) is 3.76. The third-order valence-electron chi connectivity index (χ3n) is 5.07. The van der Waals surface area contributed by atoms with Crippen LogP contribution in [0.2, 0.25) is 0 Å². The molecular weight excluding hydrogens is 470 g/mol. The van der Waals surface area contributed by atoms with Crippen LogP contribution in [-0.4, -0.2) is 31.9 Å². The lowest BCUT2D eigenvalue weighted by Crippen LogP contribution is -2.18. The molecule has 0 atom stereocenters. The number of fused-ring (bicyclic) bond motifs is 1. The smallest absolute Gasteiger partial charge is 0.343 e. The average molecular weight is 492 g/mol. The number of amides is 1. The predicted molar refractivity (Wildman–Crippen MR) is 132 cm³/mol. The summed E-state index contributed by atoms with van der Waals surface area (Å²) in [6.07, 6.45) is 1.29. The van der Waals surface area contributed by atoms with Gasteiger partial charge in [-0.1, -0.05) is 24.3 Å². The van der Waals surface area contributed by atoms with E-state index < -0.39 is 27.3 Å². The molecule has 35 heavy (non-hydrogen) atoms. The first kappa shape index (κ1) is 23.7. The van der Waals surface area contributed by atoms with Crippen LogP contribution < -0.4 is 15.5 Å². The van der Waals surface area contributed by atoms with Gasteiger partial charge in [-0.3, -0.25) is 14.3 Å². The van der Waals surface area contributed by atoms with Crippen molar-refractivity contribution in [1.82, 2.24) is 4.98 Å².